The summed E-state index contributed by atoms with van der Waals surface area (Å²) in [5, 5.41) is 3.89. The lowest BCUT2D eigenvalue weighted by molar-refractivity contribution is -0.127. The summed E-state index contributed by atoms with van der Waals surface area (Å²) >= 11 is 6.34. The Bertz CT molecular complexity index is 1110. The van der Waals surface area contributed by atoms with Crippen LogP contribution < -0.4 is 5.32 Å². The van der Waals surface area contributed by atoms with Gasteiger partial charge in [-0.05, 0) is 62.8 Å². The number of imidazole rings is 1. The molecule has 3 aromatic rings. The maximum atomic E-state index is 14.0. The van der Waals surface area contributed by atoms with Gasteiger partial charge in [0.15, 0.2) is 0 Å². The maximum Gasteiger partial charge on any atom is 0.243 e. The molecule has 0 spiro atoms. The van der Waals surface area contributed by atoms with Gasteiger partial charge in [-0.15, -0.1) is 0 Å². The molecule has 2 aromatic heterocycles. The highest BCUT2D eigenvalue weighted by Crippen LogP contribution is 2.39. The number of hydrogen-bond acceptors (Lipinski definition) is 3. The van der Waals surface area contributed by atoms with Crippen LogP contribution in [-0.4, -0.2) is 26.5 Å². The Labute approximate surface area is 201 Å². The lowest BCUT2D eigenvalue weighted by Crippen LogP contribution is -2.43. The fourth-order valence-corrected chi connectivity index (χ4v) is 6.06. The van der Waals surface area contributed by atoms with Crippen LogP contribution in [0.1, 0.15) is 75.9 Å². The van der Waals surface area contributed by atoms with Crippen molar-refractivity contribution in [1.29, 1.82) is 0 Å². The summed E-state index contributed by atoms with van der Waals surface area (Å²) in [5.41, 5.74) is 3.67. The fourth-order valence-electron chi connectivity index (χ4n) is 5.81. The Hall–Kier alpha value is -2.40. The Kier molecular flexibility index (Phi) is 6.68. The van der Waals surface area contributed by atoms with Crippen LogP contribution in [0.3, 0.4) is 0 Å². The van der Waals surface area contributed by atoms with Gasteiger partial charge in [-0.1, -0.05) is 62.3 Å². The normalized spacial score (nSPS) is 19.0. The largest absolute Gasteiger partial charge is 0.352 e. The van der Waals surface area contributed by atoms with Crippen molar-refractivity contribution in [3.63, 3.8) is 0 Å². The molecule has 174 valence electrons. The number of nitrogens with zero attached hydrogens (tertiary/aromatic N) is 3. The van der Waals surface area contributed by atoms with Crippen molar-refractivity contribution in [3.8, 4) is 11.4 Å². The van der Waals surface area contributed by atoms with Crippen LogP contribution >= 0.6 is 11.6 Å². The highest BCUT2D eigenvalue weighted by Gasteiger charge is 2.35. The third kappa shape index (κ3) is 4.79. The van der Waals surface area contributed by atoms with Gasteiger partial charge in [-0.3, -0.25) is 4.79 Å². The third-order valence-electron chi connectivity index (χ3n) is 7.37. The highest BCUT2D eigenvalue weighted by atomic mass is 35.5. The molecule has 1 N–H and O–H groups in total. The lowest BCUT2D eigenvalue weighted by atomic mass is 9.82. The number of rotatable bonds is 5. The summed E-state index contributed by atoms with van der Waals surface area (Å²) in [6.07, 6.45) is 11.6. The smallest absolute Gasteiger partial charge is 0.243 e. The second-order valence-electron chi connectivity index (χ2n) is 9.80. The average molecular weight is 465 g/mol. The van der Waals surface area contributed by atoms with E-state index in [1.807, 2.05) is 37.3 Å². The van der Waals surface area contributed by atoms with E-state index in [4.69, 9.17) is 16.6 Å². The number of benzene rings is 1. The van der Waals surface area contributed by atoms with E-state index in [9.17, 15) is 4.79 Å². The maximum absolute atomic E-state index is 14.0. The zero-order valence-electron chi connectivity index (χ0n) is 19.4. The van der Waals surface area contributed by atoms with E-state index in [2.05, 4.69) is 20.9 Å². The topological polar surface area (TPSA) is 59.8 Å². The van der Waals surface area contributed by atoms with Crippen molar-refractivity contribution in [3.05, 3.63) is 47.2 Å². The molecule has 2 saturated carbocycles. The molecule has 0 aliphatic heterocycles. The number of aryl methyl sites for hydroxylation is 1. The molecule has 5 rings (SSSR count). The minimum atomic E-state index is -0.276. The molecular weight excluding hydrogens is 432 g/mol. The zero-order chi connectivity index (χ0) is 22.8. The summed E-state index contributed by atoms with van der Waals surface area (Å²) < 4.78 is 2.20. The van der Waals surface area contributed by atoms with Gasteiger partial charge >= 0.3 is 0 Å². The molecule has 1 atom stereocenters. The molecule has 2 fully saturated rings. The van der Waals surface area contributed by atoms with Gasteiger partial charge in [0.25, 0.3) is 0 Å². The number of para-hydroxylation sites is 2. The number of fused-ring (bicyclic) bond motifs is 1. The summed E-state index contributed by atoms with van der Waals surface area (Å²) in [6.45, 7) is 1.94. The van der Waals surface area contributed by atoms with Crippen molar-refractivity contribution in [1.82, 2.24) is 19.9 Å². The summed E-state index contributed by atoms with van der Waals surface area (Å²) in [6, 6.07) is 12.0. The van der Waals surface area contributed by atoms with E-state index in [0.717, 1.165) is 53.8 Å². The number of nitrogens with one attached hydrogen (secondary N) is 1. The van der Waals surface area contributed by atoms with E-state index >= 15 is 0 Å². The van der Waals surface area contributed by atoms with Crippen molar-refractivity contribution in [2.24, 2.45) is 5.92 Å². The Morgan fingerprint density at radius 1 is 1.00 bits per heavy atom. The SMILES string of the molecule is Cc1cc(-c2nc3ccccc3n2C(C(=O)NC2CCCCC2)C2CCCCC2)cc(Cl)n1. The van der Waals surface area contributed by atoms with Crippen LogP contribution in [0, 0.1) is 12.8 Å². The minimum absolute atomic E-state index is 0.148. The van der Waals surface area contributed by atoms with E-state index in [1.54, 1.807) is 0 Å². The first-order valence-corrected chi connectivity index (χ1v) is 12.9. The molecule has 5 nitrogen and oxygen atoms in total. The molecule has 33 heavy (non-hydrogen) atoms. The van der Waals surface area contributed by atoms with E-state index in [0.29, 0.717) is 11.1 Å². The first kappa shape index (κ1) is 22.4. The van der Waals surface area contributed by atoms with E-state index in [-0.39, 0.29) is 18.0 Å². The third-order valence-corrected chi connectivity index (χ3v) is 7.56. The molecule has 2 aliphatic rings. The first-order chi connectivity index (χ1) is 16.1. The van der Waals surface area contributed by atoms with Gasteiger partial charge in [0.05, 0.1) is 11.0 Å². The molecule has 1 aromatic carbocycles. The lowest BCUT2D eigenvalue weighted by Gasteiger charge is -2.33. The van der Waals surface area contributed by atoms with Gasteiger partial charge in [0.1, 0.15) is 17.0 Å². The van der Waals surface area contributed by atoms with Gasteiger partial charge < -0.3 is 9.88 Å². The highest BCUT2D eigenvalue weighted by molar-refractivity contribution is 6.29. The van der Waals surface area contributed by atoms with Crippen molar-refractivity contribution in [2.75, 3.05) is 0 Å². The molecular formula is C27H33ClN4O. The van der Waals surface area contributed by atoms with Crippen molar-refractivity contribution < 1.29 is 4.79 Å². The monoisotopic (exact) mass is 464 g/mol. The van der Waals surface area contributed by atoms with Crippen molar-refractivity contribution >= 4 is 28.5 Å². The second kappa shape index (κ2) is 9.84. The number of amides is 1. The molecule has 0 radical (unpaired) electrons. The van der Waals surface area contributed by atoms with E-state index < -0.39 is 0 Å². The van der Waals surface area contributed by atoms with Gasteiger partial charge in [-0.2, -0.15) is 0 Å². The van der Waals surface area contributed by atoms with Crippen LogP contribution in [0.15, 0.2) is 36.4 Å². The van der Waals surface area contributed by atoms with Crippen LogP contribution in [0.2, 0.25) is 5.15 Å². The standard InChI is InChI=1S/C27H33ClN4O/c1-18-16-20(17-24(28)29-18)26-31-22-14-8-9-15-23(22)32(26)25(19-10-4-2-5-11-19)27(33)30-21-12-6-3-7-13-21/h8-9,14-17,19,21,25H,2-7,10-13H2,1H3,(H,30,33). The van der Waals surface area contributed by atoms with E-state index in [1.165, 1.54) is 38.5 Å². The number of aromatic nitrogens is 3. The summed E-state index contributed by atoms with van der Waals surface area (Å²) in [7, 11) is 0. The Morgan fingerprint density at radius 2 is 1.70 bits per heavy atom. The predicted octanol–water partition coefficient (Wildman–Crippen LogP) is 6.63. The minimum Gasteiger partial charge on any atom is -0.352 e. The number of hydrogen-bond donors (Lipinski definition) is 1. The molecule has 2 aliphatic carbocycles. The number of pyridine rings is 1. The summed E-state index contributed by atoms with van der Waals surface area (Å²) in [4.78, 5) is 23.3. The van der Waals surface area contributed by atoms with Gasteiger partial charge in [0, 0.05) is 17.3 Å². The molecule has 2 heterocycles. The van der Waals surface area contributed by atoms with Crippen molar-refractivity contribution in [2.45, 2.75) is 83.2 Å². The number of carbonyl (C=O) groups excluding carboxylic acids is 1. The quantitative estimate of drug-likeness (QED) is 0.431. The van der Waals surface area contributed by atoms with Crippen LogP contribution in [0.4, 0.5) is 0 Å². The molecule has 1 unspecified atom stereocenters. The molecule has 6 heteroatoms. The Morgan fingerprint density at radius 3 is 2.42 bits per heavy atom. The molecule has 0 saturated heterocycles. The number of carbonyl (C=O) groups is 1. The van der Waals surface area contributed by atoms with Gasteiger partial charge in [-0.25, -0.2) is 9.97 Å². The predicted molar refractivity (Wildman–Crippen MR) is 133 cm³/mol. The fraction of sp³-hybridized carbons (Fsp3) is 0.519. The van der Waals surface area contributed by atoms with Crippen LogP contribution in [0.25, 0.3) is 22.4 Å². The van der Waals surface area contributed by atoms with Crippen LogP contribution in [-0.2, 0) is 4.79 Å². The summed E-state index contributed by atoms with van der Waals surface area (Å²) in [5.74, 6) is 1.25. The van der Waals surface area contributed by atoms with Crippen LogP contribution in [0.5, 0.6) is 0 Å². The second-order valence-corrected chi connectivity index (χ2v) is 10.2. The molecule has 0 bridgehead atoms. The number of halogens is 1. The Balaban J connectivity index is 1.63. The van der Waals surface area contributed by atoms with Gasteiger partial charge in [0.2, 0.25) is 5.91 Å². The first-order valence-electron chi connectivity index (χ1n) is 12.5. The molecule has 1 amide bonds. The zero-order valence-corrected chi connectivity index (χ0v) is 20.2. The average Bonchev–Trinajstić information content (AvgIpc) is 3.19.